The summed E-state index contributed by atoms with van der Waals surface area (Å²) in [7, 11) is -1.81. The van der Waals surface area contributed by atoms with Crippen LogP contribution in [0.4, 0.5) is 23.0 Å². The maximum atomic E-state index is 12.2. The zero-order valence-corrected chi connectivity index (χ0v) is 22.5. The van der Waals surface area contributed by atoms with E-state index < -0.39 is 10.0 Å². The molecule has 0 spiro atoms. The van der Waals surface area contributed by atoms with Crippen LogP contribution >= 0.6 is 0 Å². The van der Waals surface area contributed by atoms with E-state index in [9.17, 15) is 8.42 Å². The zero-order chi connectivity index (χ0) is 26.2. The summed E-state index contributed by atoms with van der Waals surface area (Å²) in [6.07, 6.45) is 5.08. The average molecular weight is 520 g/mol. The van der Waals surface area contributed by atoms with Crippen LogP contribution in [-0.2, 0) is 16.6 Å². The number of aryl methyl sites for hydroxylation is 1. The number of aromatic nitrogens is 3. The van der Waals surface area contributed by atoms with Gasteiger partial charge in [0.25, 0.3) is 0 Å². The first-order valence-corrected chi connectivity index (χ1v) is 14.2. The van der Waals surface area contributed by atoms with Crippen LogP contribution < -0.4 is 19.8 Å². The largest absolute Gasteiger partial charge is 0.369 e. The van der Waals surface area contributed by atoms with Gasteiger partial charge in [0.1, 0.15) is 5.65 Å². The molecule has 0 saturated carbocycles. The molecule has 2 aromatic carbocycles. The van der Waals surface area contributed by atoms with E-state index in [0.717, 1.165) is 47.5 Å². The summed E-state index contributed by atoms with van der Waals surface area (Å²) >= 11 is 0. The van der Waals surface area contributed by atoms with Crippen molar-refractivity contribution in [2.75, 3.05) is 47.5 Å². The fourth-order valence-electron chi connectivity index (χ4n) is 4.78. The minimum absolute atomic E-state index is 0.477. The Morgan fingerprint density at radius 2 is 1.92 bits per heavy atom. The molecular weight excluding hydrogens is 486 g/mol. The summed E-state index contributed by atoms with van der Waals surface area (Å²) in [5.41, 5.74) is 5.51. The first-order valence-electron chi connectivity index (χ1n) is 12.4. The maximum Gasteiger partial charge on any atom is 0.232 e. The second-order valence-electron chi connectivity index (χ2n) is 9.70. The van der Waals surface area contributed by atoms with Gasteiger partial charge in [-0.2, -0.15) is 4.98 Å². The number of sulfonamides is 1. The van der Waals surface area contributed by atoms with Gasteiger partial charge in [-0.15, -0.1) is 0 Å². The number of piperazine rings is 1. The summed E-state index contributed by atoms with van der Waals surface area (Å²) in [6, 6.07) is 16.4. The van der Waals surface area contributed by atoms with E-state index in [-0.39, 0.29) is 0 Å². The van der Waals surface area contributed by atoms with Crippen LogP contribution in [0.15, 0.2) is 60.9 Å². The van der Waals surface area contributed by atoms with Crippen molar-refractivity contribution < 1.29 is 8.42 Å². The Balaban J connectivity index is 1.40. The normalized spacial score (nSPS) is 16.2. The predicted octanol–water partition coefficient (Wildman–Crippen LogP) is 3.73. The molecule has 10 heteroatoms. The van der Waals surface area contributed by atoms with Crippen molar-refractivity contribution >= 4 is 44.1 Å². The number of nitrogens with one attached hydrogen (secondary N) is 2. The van der Waals surface area contributed by atoms with Crippen molar-refractivity contribution in [1.29, 1.82) is 0 Å². The van der Waals surface area contributed by atoms with Gasteiger partial charge in [0, 0.05) is 61.9 Å². The molecule has 0 aliphatic carbocycles. The highest BCUT2D eigenvalue weighted by molar-refractivity contribution is 7.92. The van der Waals surface area contributed by atoms with Crippen LogP contribution in [0.5, 0.6) is 0 Å². The van der Waals surface area contributed by atoms with E-state index in [1.165, 1.54) is 16.2 Å². The lowest BCUT2D eigenvalue weighted by Gasteiger charge is -2.33. The van der Waals surface area contributed by atoms with Crippen molar-refractivity contribution in [3.8, 4) is 0 Å². The van der Waals surface area contributed by atoms with Gasteiger partial charge < -0.3 is 20.1 Å². The highest BCUT2D eigenvalue weighted by Crippen LogP contribution is 2.27. The molecule has 4 aromatic rings. The Kier molecular flexibility index (Phi) is 6.78. The molecule has 1 saturated heterocycles. The Labute approximate surface area is 218 Å². The maximum absolute atomic E-state index is 12.2. The monoisotopic (exact) mass is 519 g/mol. The minimum atomic E-state index is -3.38. The second-order valence-corrected chi connectivity index (χ2v) is 11.7. The van der Waals surface area contributed by atoms with E-state index in [4.69, 9.17) is 4.98 Å². The summed E-state index contributed by atoms with van der Waals surface area (Å²) in [6.45, 7) is 7.69. The lowest BCUT2D eigenvalue weighted by Crippen LogP contribution is -2.49. The molecule has 2 aromatic heterocycles. The lowest BCUT2D eigenvalue weighted by atomic mass is 10.2. The van der Waals surface area contributed by atoms with Gasteiger partial charge >= 0.3 is 0 Å². The molecule has 5 rings (SSSR count). The van der Waals surface area contributed by atoms with E-state index in [1.54, 1.807) is 7.05 Å². The second kappa shape index (κ2) is 10.0. The molecule has 0 radical (unpaired) electrons. The van der Waals surface area contributed by atoms with Gasteiger partial charge in [-0.1, -0.05) is 18.2 Å². The molecule has 2 N–H and O–H groups in total. The van der Waals surface area contributed by atoms with Crippen LogP contribution in [0.2, 0.25) is 0 Å². The van der Waals surface area contributed by atoms with E-state index in [1.807, 2.05) is 48.1 Å². The standard InChI is InChI=1S/C27H33N7O2S/c1-19-16-34(18-21-7-5-6-8-25(21)32(3)37(4,35)36)26-24(19)15-29-27(31-26)30-22-9-11-23(12-10-22)33-14-13-28-20(2)17-33/h5-12,15-16,20,28H,13-14,17-18H2,1-4H3,(H,29,30,31)/t20-/m1/s1. The predicted molar refractivity (Wildman–Crippen MR) is 150 cm³/mol. The summed E-state index contributed by atoms with van der Waals surface area (Å²) in [5.74, 6) is 0.511. The number of anilines is 4. The SMILES string of the molecule is Cc1cn(Cc2ccccc2N(C)S(C)(=O)=O)c2nc(Nc3ccc(N4CCN[C@H](C)C4)cc3)ncc12. The molecule has 3 heterocycles. The van der Waals surface area contributed by atoms with Gasteiger partial charge in [0.2, 0.25) is 16.0 Å². The number of fused-ring (bicyclic) bond motifs is 1. The lowest BCUT2D eigenvalue weighted by molar-refractivity contribution is 0.485. The van der Waals surface area contributed by atoms with Gasteiger partial charge in [-0.3, -0.25) is 4.31 Å². The molecule has 0 bridgehead atoms. The Morgan fingerprint density at radius 1 is 1.16 bits per heavy atom. The van der Waals surface area contributed by atoms with Crippen LogP contribution in [-0.4, -0.2) is 61.9 Å². The van der Waals surface area contributed by atoms with E-state index in [2.05, 4.69) is 51.7 Å². The summed E-state index contributed by atoms with van der Waals surface area (Å²) < 4.78 is 27.7. The summed E-state index contributed by atoms with van der Waals surface area (Å²) in [4.78, 5) is 11.8. The first kappa shape index (κ1) is 25.0. The molecule has 1 aliphatic heterocycles. The smallest absolute Gasteiger partial charge is 0.232 e. The van der Waals surface area contributed by atoms with Crippen molar-refractivity contribution in [2.24, 2.45) is 0 Å². The van der Waals surface area contributed by atoms with Crippen LogP contribution in [0.1, 0.15) is 18.1 Å². The minimum Gasteiger partial charge on any atom is -0.369 e. The van der Waals surface area contributed by atoms with E-state index >= 15 is 0 Å². The number of rotatable bonds is 7. The van der Waals surface area contributed by atoms with E-state index in [0.29, 0.717) is 24.2 Å². The molecule has 37 heavy (non-hydrogen) atoms. The third-order valence-electron chi connectivity index (χ3n) is 6.84. The Morgan fingerprint density at radius 3 is 2.65 bits per heavy atom. The van der Waals surface area contributed by atoms with Crippen molar-refractivity contribution in [2.45, 2.75) is 26.4 Å². The molecule has 1 atom stereocenters. The zero-order valence-electron chi connectivity index (χ0n) is 21.6. The molecule has 1 fully saturated rings. The fraction of sp³-hybridized carbons (Fsp3) is 0.333. The van der Waals surface area contributed by atoms with Gasteiger partial charge in [-0.25, -0.2) is 13.4 Å². The van der Waals surface area contributed by atoms with Crippen molar-refractivity contribution in [3.63, 3.8) is 0 Å². The number of hydrogen-bond acceptors (Lipinski definition) is 7. The van der Waals surface area contributed by atoms with Crippen LogP contribution in [0.25, 0.3) is 11.0 Å². The Bertz CT molecular complexity index is 1520. The third-order valence-corrected chi connectivity index (χ3v) is 8.03. The molecular formula is C27H33N7O2S. The van der Waals surface area contributed by atoms with Gasteiger partial charge in [0.05, 0.1) is 18.5 Å². The molecule has 1 aliphatic rings. The highest BCUT2D eigenvalue weighted by Gasteiger charge is 2.18. The number of nitrogens with zero attached hydrogens (tertiary/aromatic N) is 5. The topological polar surface area (TPSA) is 95.4 Å². The Hall–Kier alpha value is -3.63. The number of para-hydroxylation sites is 1. The highest BCUT2D eigenvalue weighted by atomic mass is 32.2. The fourth-order valence-corrected chi connectivity index (χ4v) is 5.32. The molecule has 0 amide bonds. The molecule has 9 nitrogen and oxygen atoms in total. The van der Waals surface area contributed by atoms with Crippen molar-refractivity contribution in [3.05, 3.63) is 72.1 Å². The van der Waals surface area contributed by atoms with Gasteiger partial charge in [0.15, 0.2) is 0 Å². The average Bonchev–Trinajstić information content (AvgIpc) is 3.18. The van der Waals surface area contributed by atoms with Crippen LogP contribution in [0, 0.1) is 6.92 Å². The number of hydrogen-bond donors (Lipinski definition) is 2. The van der Waals surface area contributed by atoms with Crippen molar-refractivity contribution in [1.82, 2.24) is 19.9 Å². The number of benzene rings is 2. The molecule has 194 valence electrons. The first-order chi connectivity index (χ1) is 17.7. The quantitative estimate of drug-likeness (QED) is 0.384. The van der Waals surface area contributed by atoms with Gasteiger partial charge in [-0.05, 0) is 55.3 Å². The van der Waals surface area contributed by atoms with Crippen LogP contribution in [0.3, 0.4) is 0 Å². The summed E-state index contributed by atoms with van der Waals surface area (Å²) in [5, 5.41) is 7.77. The molecule has 0 unspecified atom stereocenters. The third kappa shape index (κ3) is 5.40.